The molecule has 1 aromatic heterocycles. The summed E-state index contributed by atoms with van der Waals surface area (Å²) in [5, 5.41) is 0.738. The van der Waals surface area contributed by atoms with Crippen molar-refractivity contribution in [1.29, 1.82) is 0 Å². The average molecular weight is 341 g/mol. The third-order valence-electron chi connectivity index (χ3n) is 4.71. The molecule has 2 aromatic rings. The van der Waals surface area contributed by atoms with Gasteiger partial charge in [0.05, 0.1) is 6.04 Å². The molecule has 0 N–H and O–H groups in total. The Balaban J connectivity index is 1.50. The van der Waals surface area contributed by atoms with Crippen molar-refractivity contribution in [2.24, 2.45) is 0 Å². The molecule has 1 amide bonds. The Morgan fingerprint density at radius 3 is 2.96 bits per heavy atom. The zero-order valence-electron chi connectivity index (χ0n) is 13.6. The fraction of sp³-hybridized carbons (Fsp3) is 0.389. The lowest BCUT2D eigenvalue weighted by molar-refractivity contribution is -0.132. The number of aromatic nitrogens is 2. The predicted octanol–water partition coefficient (Wildman–Crippen LogP) is 2.17. The third-order valence-corrected chi connectivity index (χ3v) is 5.81. The Bertz CT molecular complexity index is 862. The van der Waals surface area contributed by atoms with Gasteiger partial charge >= 0.3 is 0 Å². The van der Waals surface area contributed by atoms with Crippen LogP contribution < -0.4 is 5.56 Å². The van der Waals surface area contributed by atoms with Gasteiger partial charge in [0.25, 0.3) is 5.56 Å². The van der Waals surface area contributed by atoms with E-state index in [0.717, 1.165) is 29.6 Å². The van der Waals surface area contributed by atoms with Crippen LogP contribution in [0.2, 0.25) is 0 Å². The number of benzene rings is 1. The van der Waals surface area contributed by atoms with E-state index in [1.165, 1.54) is 11.1 Å². The summed E-state index contributed by atoms with van der Waals surface area (Å²) in [5.74, 6) is 0.859. The molecular weight excluding hydrogens is 322 g/mol. The lowest BCUT2D eigenvalue weighted by Crippen LogP contribution is -2.38. The van der Waals surface area contributed by atoms with Crippen molar-refractivity contribution in [2.45, 2.75) is 37.5 Å². The fourth-order valence-corrected chi connectivity index (χ4v) is 4.65. The summed E-state index contributed by atoms with van der Waals surface area (Å²) >= 11 is 1.56. The third kappa shape index (κ3) is 2.75. The molecule has 2 aliphatic heterocycles. The first-order valence-electron chi connectivity index (χ1n) is 8.19. The molecular formula is C18H19N3O2S. The highest BCUT2D eigenvalue weighted by atomic mass is 32.2. The van der Waals surface area contributed by atoms with Crippen LogP contribution in [0.5, 0.6) is 0 Å². The summed E-state index contributed by atoms with van der Waals surface area (Å²) in [6, 6.07) is 9.75. The Morgan fingerprint density at radius 2 is 2.12 bits per heavy atom. The maximum atomic E-state index is 12.7. The molecule has 0 bridgehead atoms. The van der Waals surface area contributed by atoms with Crippen LogP contribution >= 0.6 is 11.8 Å². The molecule has 2 aliphatic rings. The minimum absolute atomic E-state index is 0.0516. The molecule has 4 rings (SSSR count). The van der Waals surface area contributed by atoms with Crippen molar-refractivity contribution < 1.29 is 4.79 Å². The van der Waals surface area contributed by atoms with Gasteiger partial charge in [-0.2, -0.15) is 0 Å². The molecule has 24 heavy (non-hydrogen) atoms. The van der Waals surface area contributed by atoms with E-state index in [-0.39, 0.29) is 17.5 Å². The van der Waals surface area contributed by atoms with E-state index in [0.29, 0.717) is 13.0 Å². The van der Waals surface area contributed by atoms with Crippen LogP contribution in [0, 0.1) is 6.92 Å². The van der Waals surface area contributed by atoms with Crippen molar-refractivity contribution in [3.05, 3.63) is 57.5 Å². The maximum absolute atomic E-state index is 12.7. The highest BCUT2D eigenvalue weighted by Gasteiger charge is 2.30. The number of aryl methyl sites for hydroxylation is 1. The number of thioether (sulfide) groups is 1. The number of carbonyl (C=O) groups is 1. The molecule has 1 atom stereocenters. The molecule has 0 spiro atoms. The first-order valence-corrected chi connectivity index (χ1v) is 9.18. The largest absolute Gasteiger partial charge is 0.338 e. The second-order valence-corrected chi connectivity index (χ2v) is 7.38. The van der Waals surface area contributed by atoms with Crippen LogP contribution in [-0.2, 0) is 17.8 Å². The summed E-state index contributed by atoms with van der Waals surface area (Å²) < 4.78 is 1.69. The van der Waals surface area contributed by atoms with Crippen LogP contribution in [0.1, 0.15) is 29.3 Å². The van der Waals surface area contributed by atoms with Crippen LogP contribution in [0.3, 0.4) is 0 Å². The van der Waals surface area contributed by atoms with E-state index in [4.69, 9.17) is 0 Å². The molecule has 6 heteroatoms. The summed E-state index contributed by atoms with van der Waals surface area (Å²) in [5.41, 5.74) is 3.25. The van der Waals surface area contributed by atoms with E-state index in [9.17, 15) is 9.59 Å². The zero-order chi connectivity index (χ0) is 16.7. The molecule has 5 nitrogen and oxygen atoms in total. The summed E-state index contributed by atoms with van der Waals surface area (Å²) in [4.78, 5) is 31.3. The standard InChI is InChI=1S/C18H19N3O2S/c1-12-8-17(23)21-15(11-24-18(21)19-12)9-16(22)20-7-6-13-4-2-3-5-14(13)10-20/h2-5,8,15H,6-7,9-11H2,1H3. The molecule has 0 saturated carbocycles. The summed E-state index contributed by atoms with van der Waals surface area (Å²) in [6.45, 7) is 3.25. The van der Waals surface area contributed by atoms with E-state index in [1.54, 1.807) is 22.4 Å². The van der Waals surface area contributed by atoms with Gasteiger partial charge < -0.3 is 4.90 Å². The Morgan fingerprint density at radius 1 is 1.33 bits per heavy atom. The smallest absolute Gasteiger partial charge is 0.254 e. The number of hydrogen-bond donors (Lipinski definition) is 0. The number of hydrogen-bond acceptors (Lipinski definition) is 4. The quantitative estimate of drug-likeness (QED) is 0.786. The number of rotatable bonds is 2. The van der Waals surface area contributed by atoms with Crippen molar-refractivity contribution in [1.82, 2.24) is 14.5 Å². The molecule has 0 fully saturated rings. The van der Waals surface area contributed by atoms with Crippen molar-refractivity contribution >= 4 is 17.7 Å². The van der Waals surface area contributed by atoms with Crippen molar-refractivity contribution in [3.8, 4) is 0 Å². The van der Waals surface area contributed by atoms with Crippen LogP contribution in [0.25, 0.3) is 0 Å². The van der Waals surface area contributed by atoms with Crippen LogP contribution in [0.4, 0.5) is 0 Å². The normalized spacial score (nSPS) is 19.0. The van der Waals surface area contributed by atoms with E-state index in [1.807, 2.05) is 24.0 Å². The molecule has 3 heterocycles. The molecule has 0 aliphatic carbocycles. The summed E-state index contributed by atoms with van der Waals surface area (Å²) in [6.07, 6.45) is 1.27. The van der Waals surface area contributed by atoms with Crippen LogP contribution in [-0.4, -0.2) is 32.7 Å². The topological polar surface area (TPSA) is 55.2 Å². The minimum Gasteiger partial charge on any atom is -0.338 e. The van der Waals surface area contributed by atoms with Gasteiger partial charge in [-0.05, 0) is 24.5 Å². The highest BCUT2D eigenvalue weighted by molar-refractivity contribution is 7.99. The van der Waals surface area contributed by atoms with E-state index in [2.05, 4.69) is 17.1 Å². The van der Waals surface area contributed by atoms with Gasteiger partial charge in [0.15, 0.2) is 5.16 Å². The number of amides is 1. The zero-order valence-corrected chi connectivity index (χ0v) is 14.4. The number of fused-ring (bicyclic) bond motifs is 2. The maximum Gasteiger partial charge on any atom is 0.254 e. The molecule has 124 valence electrons. The molecule has 1 aromatic carbocycles. The monoisotopic (exact) mass is 341 g/mol. The van der Waals surface area contributed by atoms with Gasteiger partial charge in [0.1, 0.15) is 0 Å². The molecule has 0 radical (unpaired) electrons. The average Bonchev–Trinajstić information content (AvgIpc) is 2.97. The SMILES string of the molecule is Cc1cc(=O)n2c(n1)SCC2CC(=O)N1CCc2ccccc2C1. The predicted molar refractivity (Wildman–Crippen MR) is 93.2 cm³/mol. The second kappa shape index (κ2) is 6.09. The first-order chi connectivity index (χ1) is 11.6. The van der Waals surface area contributed by atoms with Gasteiger partial charge in [0, 0.05) is 37.0 Å². The van der Waals surface area contributed by atoms with Gasteiger partial charge in [-0.25, -0.2) is 4.98 Å². The van der Waals surface area contributed by atoms with Crippen molar-refractivity contribution in [2.75, 3.05) is 12.3 Å². The van der Waals surface area contributed by atoms with E-state index < -0.39 is 0 Å². The lowest BCUT2D eigenvalue weighted by Gasteiger charge is -2.29. The Labute approximate surface area is 144 Å². The Hall–Kier alpha value is -2.08. The van der Waals surface area contributed by atoms with Gasteiger partial charge in [-0.3, -0.25) is 14.2 Å². The van der Waals surface area contributed by atoms with Crippen LogP contribution in [0.15, 0.2) is 40.3 Å². The number of carbonyl (C=O) groups excluding carboxylic acids is 1. The lowest BCUT2D eigenvalue weighted by atomic mass is 9.99. The molecule has 1 unspecified atom stereocenters. The number of nitrogens with zero attached hydrogens (tertiary/aromatic N) is 3. The van der Waals surface area contributed by atoms with Gasteiger partial charge in [-0.15, -0.1) is 0 Å². The minimum atomic E-state index is -0.0877. The van der Waals surface area contributed by atoms with Gasteiger partial charge in [-0.1, -0.05) is 36.0 Å². The van der Waals surface area contributed by atoms with Gasteiger partial charge in [0.2, 0.25) is 5.91 Å². The van der Waals surface area contributed by atoms with Crippen molar-refractivity contribution in [3.63, 3.8) is 0 Å². The molecule has 0 saturated heterocycles. The van der Waals surface area contributed by atoms with E-state index >= 15 is 0 Å². The second-order valence-electron chi connectivity index (χ2n) is 6.39. The first kappa shape index (κ1) is 15.4. The summed E-state index contributed by atoms with van der Waals surface area (Å²) in [7, 11) is 0. The highest BCUT2D eigenvalue weighted by Crippen LogP contribution is 2.32. The fourth-order valence-electron chi connectivity index (χ4n) is 3.45. The Kier molecular flexibility index (Phi) is 3.92.